The monoisotopic (exact) mass is 276 g/mol. The SMILES string of the molecule is c1ccc(-c2c(-c3ccccc3)c2=[N+]2CCOCC2)cc1. The highest BCUT2D eigenvalue weighted by Crippen LogP contribution is 2.34. The summed E-state index contributed by atoms with van der Waals surface area (Å²) in [6.45, 7) is 3.63. The lowest BCUT2D eigenvalue weighted by Crippen LogP contribution is -2.37. The van der Waals surface area contributed by atoms with Crippen LogP contribution in [-0.2, 0) is 4.74 Å². The maximum absolute atomic E-state index is 5.49. The maximum atomic E-state index is 5.49. The first-order chi connectivity index (χ1) is 10.4. The van der Waals surface area contributed by atoms with Gasteiger partial charge in [-0.3, -0.25) is 0 Å². The summed E-state index contributed by atoms with van der Waals surface area (Å²) in [6, 6.07) is 21.4. The lowest BCUT2D eigenvalue weighted by molar-refractivity contribution is 0.0971. The van der Waals surface area contributed by atoms with Crippen molar-refractivity contribution in [3.63, 3.8) is 0 Å². The van der Waals surface area contributed by atoms with Gasteiger partial charge in [-0.15, -0.1) is 0 Å². The fourth-order valence-corrected chi connectivity index (χ4v) is 3.05. The predicted molar refractivity (Wildman–Crippen MR) is 85.5 cm³/mol. The van der Waals surface area contributed by atoms with Crippen molar-refractivity contribution in [1.82, 2.24) is 4.58 Å². The summed E-state index contributed by atoms with van der Waals surface area (Å²) in [5.74, 6) is 0. The van der Waals surface area contributed by atoms with Crippen LogP contribution < -0.4 is 9.93 Å². The molecule has 0 atom stereocenters. The van der Waals surface area contributed by atoms with E-state index in [1.165, 1.54) is 27.6 Å². The molecule has 0 radical (unpaired) electrons. The molecule has 1 fully saturated rings. The van der Waals surface area contributed by atoms with E-state index in [4.69, 9.17) is 4.74 Å². The van der Waals surface area contributed by atoms with Crippen LogP contribution in [0, 0.1) is 0 Å². The van der Waals surface area contributed by atoms with E-state index in [0.717, 1.165) is 26.3 Å². The van der Waals surface area contributed by atoms with E-state index < -0.39 is 0 Å². The van der Waals surface area contributed by atoms with Crippen LogP contribution in [0.4, 0.5) is 0 Å². The molecular weight excluding hydrogens is 258 g/mol. The summed E-state index contributed by atoms with van der Waals surface area (Å²) in [6.07, 6.45) is 0. The smallest absolute Gasteiger partial charge is 0.217 e. The summed E-state index contributed by atoms with van der Waals surface area (Å²) in [5, 5.41) is 1.41. The molecule has 0 aliphatic carbocycles. The molecule has 0 saturated carbocycles. The molecule has 0 aromatic heterocycles. The van der Waals surface area contributed by atoms with Crippen LogP contribution in [0.3, 0.4) is 0 Å². The van der Waals surface area contributed by atoms with Gasteiger partial charge in [0.15, 0.2) is 13.1 Å². The zero-order valence-corrected chi connectivity index (χ0v) is 12.0. The third kappa shape index (κ3) is 2.32. The third-order valence-electron chi connectivity index (χ3n) is 4.11. The molecule has 2 nitrogen and oxygen atoms in total. The molecular formula is C19H18NO+. The van der Waals surface area contributed by atoms with Crippen molar-refractivity contribution in [2.45, 2.75) is 0 Å². The number of hydrogen-bond donors (Lipinski definition) is 0. The third-order valence-corrected chi connectivity index (χ3v) is 4.11. The molecule has 0 amide bonds. The van der Waals surface area contributed by atoms with Gasteiger partial charge in [0.25, 0.3) is 0 Å². The molecule has 0 spiro atoms. The van der Waals surface area contributed by atoms with Gasteiger partial charge in [-0.25, -0.2) is 4.58 Å². The molecule has 1 aliphatic rings. The Kier molecular flexibility index (Phi) is 3.17. The maximum Gasteiger partial charge on any atom is 0.217 e. The van der Waals surface area contributed by atoms with E-state index in [2.05, 4.69) is 65.2 Å². The minimum Gasteiger partial charge on any atom is -0.368 e. The van der Waals surface area contributed by atoms with Crippen LogP contribution in [0.2, 0.25) is 0 Å². The molecule has 21 heavy (non-hydrogen) atoms. The fourth-order valence-electron chi connectivity index (χ4n) is 3.05. The lowest BCUT2D eigenvalue weighted by atomic mass is 10.1. The zero-order chi connectivity index (χ0) is 14.1. The Hall–Kier alpha value is -2.19. The predicted octanol–water partition coefficient (Wildman–Crippen LogP) is 2.70. The highest BCUT2D eigenvalue weighted by Gasteiger charge is 2.31. The van der Waals surface area contributed by atoms with Gasteiger partial charge in [-0.1, -0.05) is 60.7 Å². The Balaban J connectivity index is 1.87. The van der Waals surface area contributed by atoms with Gasteiger partial charge in [-0.05, 0) is 11.1 Å². The zero-order valence-electron chi connectivity index (χ0n) is 12.0. The van der Waals surface area contributed by atoms with E-state index in [9.17, 15) is 0 Å². The van der Waals surface area contributed by atoms with Crippen molar-refractivity contribution >= 4 is 0 Å². The van der Waals surface area contributed by atoms with Crippen LogP contribution in [0.15, 0.2) is 60.7 Å². The second-order valence-electron chi connectivity index (χ2n) is 5.43. The summed E-state index contributed by atoms with van der Waals surface area (Å²) < 4.78 is 7.95. The molecule has 3 aromatic rings. The summed E-state index contributed by atoms with van der Waals surface area (Å²) >= 11 is 0. The minimum absolute atomic E-state index is 0.827. The van der Waals surface area contributed by atoms with E-state index in [1.54, 1.807) is 0 Å². The summed E-state index contributed by atoms with van der Waals surface area (Å²) in [4.78, 5) is 0. The quantitative estimate of drug-likeness (QED) is 0.656. The van der Waals surface area contributed by atoms with Gasteiger partial charge in [0.2, 0.25) is 5.36 Å². The van der Waals surface area contributed by atoms with Gasteiger partial charge in [0.05, 0.1) is 11.1 Å². The van der Waals surface area contributed by atoms with Crippen molar-refractivity contribution in [3.8, 4) is 22.3 Å². The van der Waals surface area contributed by atoms with Gasteiger partial charge in [0, 0.05) is 0 Å². The topological polar surface area (TPSA) is 12.2 Å². The normalized spacial score (nSPS) is 15.5. The molecule has 1 heterocycles. The van der Waals surface area contributed by atoms with Crippen molar-refractivity contribution in [2.75, 3.05) is 26.3 Å². The summed E-state index contributed by atoms with van der Waals surface area (Å²) in [7, 11) is 0. The van der Waals surface area contributed by atoms with Gasteiger partial charge < -0.3 is 4.74 Å². The molecule has 2 heteroatoms. The highest BCUT2D eigenvalue weighted by atomic mass is 16.5. The van der Waals surface area contributed by atoms with Crippen molar-refractivity contribution < 1.29 is 4.74 Å². The second-order valence-corrected chi connectivity index (χ2v) is 5.43. The average molecular weight is 276 g/mol. The Morgan fingerprint density at radius 1 is 0.667 bits per heavy atom. The molecule has 0 bridgehead atoms. The van der Waals surface area contributed by atoms with Crippen molar-refractivity contribution in [1.29, 1.82) is 0 Å². The first kappa shape index (κ1) is 12.5. The second kappa shape index (κ2) is 5.30. The number of benzene rings is 2. The van der Waals surface area contributed by atoms with E-state index in [1.807, 2.05) is 0 Å². The Morgan fingerprint density at radius 2 is 1.14 bits per heavy atom. The molecule has 0 N–H and O–H groups in total. The van der Waals surface area contributed by atoms with Crippen LogP contribution in [0.25, 0.3) is 22.3 Å². The van der Waals surface area contributed by atoms with Crippen molar-refractivity contribution in [3.05, 3.63) is 66.0 Å². The highest BCUT2D eigenvalue weighted by molar-refractivity contribution is 5.93. The van der Waals surface area contributed by atoms with Crippen LogP contribution in [0.1, 0.15) is 0 Å². The number of rotatable bonds is 2. The molecule has 104 valence electrons. The Morgan fingerprint density at radius 3 is 1.62 bits per heavy atom. The molecule has 4 rings (SSSR count). The van der Waals surface area contributed by atoms with E-state index in [0.29, 0.717) is 0 Å². The summed E-state index contributed by atoms with van der Waals surface area (Å²) in [5.41, 5.74) is 5.45. The Labute approximate surface area is 124 Å². The van der Waals surface area contributed by atoms with Crippen LogP contribution in [-0.4, -0.2) is 26.3 Å². The van der Waals surface area contributed by atoms with Crippen molar-refractivity contribution in [2.24, 2.45) is 0 Å². The first-order valence-electron chi connectivity index (χ1n) is 7.50. The van der Waals surface area contributed by atoms with Crippen LogP contribution in [0.5, 0.6) is 0 Å². The number of nitrogens with zero attached hydrogens (tertiary/aromatic N) is 1. The molecule has 3 aromatic carbocycles. The van der Waals surface area contributed by atoms with E-state index in [-0.39, 0.29) is 0 Å². The fraction of sp³-hybridized carbons (Fsp3) is 0.211. The van der Waals surface area contributed by atoms with Crippen LogP contribution >= 0.6 is 0 Å². The van der Waals surface area contributed by atoms with Gasteiger partial charge in [-0.2, -0.15) is 0 Å². The lowest BCUT2D eigenvalue weighted by Gasteiger charge is -2.08. The number of ether oxygens (including phenoxy) is 1. The number of morpholine rings is 1. The molecule has 0 unspecified atom stereocenters. The van der Waals surface area contributed by atoms with Gasteiger partial charge in [0.1, 0.15) is 13.2 Å². The molecule has 1 aliphatic heterocycles. The van der Waals surface area contributed by atoms with Gasteiger partial charge >= 0.3 is 0 Å². The minimum atomic E-state index is 0.827. The average Bonchev–Trinajstić information content (AvgIpc) is 3.33. The number of hydrogen-bond acceptors (Lipinski definition) is 1. The Bertz CT molecular complexity index is 702. The van der Waals surface area contributed by atoms with E-state index >= 15 is 0 Å². The molecule has 1 saturated heterocycles. The first-order valence-corrected chi connectivity index (χ1v) is 7.50. The standard InChI is InChI=1S/C19H18NO/c1-3-7-15(8-4-1)17-18(16-9-5-2-6-10-16)19(17)20-11-13-21-14-12-20/h1-10H,11-14H2/q+1. The largest absolute Gasteiger partial charge is 0.368 e.